The molecule has 20 heavy (non-hydrogen) atoms. The lowest BCUT2D eigenvalue weighted by molar-refractivity contribution is 0.498. The first-order valence-corrected chi connectivity index (χ1v) is 8.03. The van der Waals surface area contributed by atoms with Crippen LogP contribution in [0.3, 0.4) is 0 Å². The Kier molecular flexibility index (Phi) is 4.07. The van der Waals surface area contributed by atoms with Crippen molar-refractivity contribution in [3.05, 3.63) is 41.4 Å². The Balaban J connectivity index is 2.50. The number of nitrogens with one attached hydrogen (secondary N) is 1. The van der Waals surface area contributed by atoms with E-state index in [9.17, 15) is 8.42 Å². The van der Waals surface area contributed by atoms with Crippen molar-refractivity contribution in [1.29, 1.82) is 0 Å². The fourth-order valence-electron chi connectivity index (χ4n) is 1.83. The summed E-state index contributed by atoms with van der Waals surface area (Å²) in [5.41, 5.74) is 5.19. The average Bonchev–Trinajstić information content (AvgIpc) is 2.36. The maximum absolute atomic E-state index is 12.4. The maximum atomic E-state index is 12.4. The summed E-state index contributed by atoms with van der Waals surface area (Å²) in [6, 6.07) is 10.2. The molecule has 0 amide bonds. The van der Waals surface area contributed by atoms with E-state index in [1.165, 1.54) is 6.07 Å². The van der Waals surface area contributed by atoms with Gasteiger partial charge in [-0.1, -0.05) is 35.9 Å². The van der Waals surface area contributed by atoms with Crippen molar-refractivity contribution in [2.24, 2.45) is 5.73 Å². The first-order valence-electron chi connectivity index (χ1n) is 6.16. The zero-order valence-electron chi connectivity index (χ0n) is 11.4. The van der Waals surface area contributed by atoms with Crippen molar-refractivity contribution in [3.63, 3.8) is 0 Å². The van der Waals surface area contributed by atoms with Crippen molar-refractivity contribution in [2.45, 2.75) is 24.3 Å². The van der Waals surface area contributed by atoms with E-state index in [0.717, 1.165) is 0 Å². The molecule has 0 aliphatic heterocycles. The Morgan fingerprint density at radius 3 is 2.35 bits per heavy atom. The highest BCUT2D eigenvalue weighted by Gasteiger charge is 2.21. The molecule has 2 rings (SSSR count). The molecular weight excluding hydrogens is 296 g/mol. The minimum absolute atomic E-state index is 0.159. The zero-order chi connectivity index (χ0) is 15.0. The molecule has 0 fully saturated rings. The number of hydrogen-bond donors (Lipinski definition) is 2. The summed E-state index contributed by atoms with van der Waals surface area (Å²) in [5, 5.41) is 1.84. The van der Waals surface area contributed by atoms with Gasteiger partial charge in [0.2, 0.25) is 10.0 Å². The smallest absolute Gasteiger partial charge is 0.241 e. The van der Waals surface area contributed by atoms with Crippen LogP contribution in [0.1, 0.15) is 13.8 Å². The van der Waals surface area contributed by atoms with Gasteiger partial charge in [-0.2, -0.15) is 0 Å². The molecule has 0 spiro atoms. The van der Waals surface area contributed by atoms with E-state index in [4.69, 9.17) is 17.3 Å². The molecule has 0 aliphatic rings. The van der Waals surface area contributed by atoms with Crippen LogP contribution < -0.4 is 10.5 Å². The van der Waals surface area contributed by atoms with E-state index in [2.05, 4.69) is 4.72 Å². The van der Waals surface area contributed by atoms with Crippen LogP contribution in [0.4, 0.5) is 0 Å². The molecule has 6 heteroatoms. The first kappa shape index (κ1) is 15.3. The highest BCUT2D eigenvalue weighted by molar-refractivity contribution is 7.89. The monoisotopic (exact) mass is 312 g/mol. The van der Waals surface area contributed by atoms with Crippen molar-refractivity contribution in [2.75, 3.05) is 6.54 Å². The quantitative estimate of drug-likeness (QED) is 0.911. The van der Waals surface area contributed by atoms with Gasteiger partial charge < -0.3 is 5.73 Å². The van der Waals surface area contributed by atoms with Crippen LogP contribution in [0.25, 0.3) is 10.8 Å². The number of hydrogen-bond acceptors (Lipinski definition) is 3. The zero-order valence-corrected chi connectivity index (χ0v) is 12.9. The summed E-state index contributed by atoms with van der Waals surface area (Å²) in [5.74, 6) is 0. The average molecular weight is 313 g/mol. The van der Waals surface area contributed by atoms with Gasteiger partial charge in [0, 0.05) is 27.9 Å². The van der Waals surface area contributed by atoms with E-state index in [1.807, 2.05) is 6.07 Å². The lowest BCUT2D eigenvalue weighted by Gasteiger charge is -2.19. The Hall–Kier alpha value is -1.14. The van der Waals surface area contributed by atoms with Crippen LogP contribution in [0.2, 0.25) is 5.02 Å². The molecule has 0 atom stereocenters. The van der Waals surface area contributed by atoms with Crippen LogP contribution in [-0.4, -0.2) is 20.5 Å². The molecule has 0 unspecified atom stereocenters. The number of benzene rings is 2. The lowest BCUT2D eigenvalue weighted by atomic mass is 10.1. The molecule has 0 aliphatic carbocycles. The molecule has 3 N–H and O–H groups in total. The van der Waals surface area contributed by atoms with E-state index in [1.54, 1.807) is 38.1 Å². The maximum Gasteiger partial charge on any atom is 0.241 e. The van der Waals surface area contributed by atoms with Crippen LogP contribution in [0.15, 0.2) is 41.3 Å². The predicted molar refractivity (Wildman–Crippen MR) is 82.4 cm³/mol. The van der Waals surface area contributed by atoms with E-state index < -0.39 is 15.6 Å². The first-order chi connectivity index (χ1) is 9.21. The Morgan fingerprint density at radius 1 is 1.15 bits per heavy atom. The summed E-state index contributed by atoms with van der Waals surface area (Å²) >= 11 is 6.09. The normalized spacial score (nSPS) is 12.8. The molecule has 0 saturated carbocycles. The third-order valence-corrected chi connectivity index (χ3v) is 4.63. The van der Waals surface area contributed by atoms with Crippen LogP contribution in [0.5, 0.6) is 0 Å². The standard InChI is InChI=1S/C14H17ClN2O2S/c1-14(2,16)9-17-20(18,19)13-8-7-12(15)10-5-3-4-6-11(10)13/h3-8,17H,9,16H2,1-2H3. The number of rotatable bonds is 4. The van der Waals surface area contributed by atoms with Crippen molar-refractivity contribution in [1.82, 2.24) is 4.72 Å². The van der Waals surface area contributed by atoms with Crippen LogP contribution in [-0.2, 0) is 10.0 Å². The second-order valence-electron chi connectivity index (χ2n) is 5.40. The Morgan fingerprint density at radius 2 is 1.75 bits per heavy atom. The molecular formula is C14H17ClN2O2S. The van der Waals surface area contributed by atoms with Gasteiger partial charge in [0.1, 0.15) is 0 Å². The molecule has 4 nitrogen and oxygen atoms in total. The topological polar surface area (TPSA) is 72.2 Å². The largest absolute Gasteiger partial charge is 0.324 e. The second-order valence-corrected chi connectivity index (χ2v) is 7.55. The molecule has 108 valence electrons. The number of fused-ring (bicyclic) bond motifs is 1. The van der Waals surface area contributed by atoms with Crippen molar-refractivity contribution >= 4 is 32.4 Å². The van der Waals surface area contributed by atoms with E-state index >= 15 is 0 Å². The minimum Gasteiger partial charge on any atom is -0.324 e. The predicted octanol–water partition coefficient (Wildman–Crippen LogP) is 2.51. The summed E-state index contributed by atoms with van der Waals surface area (Å²) in [6.07, 6.45) is 0. The second kappa shape index (κ2) is 5.33. The summed E-state index contributed by atoms with van der Waals surface area (Å²) < 4.78 is 27.3. The van der Waals surface area contributed by atoms with Crippen molar-refractivity contribution in [3.8, 4) is 0 Å². The number of nitrogens with two attached hydrogens (primary N) is 1. The molecule has 0 aromatic heterocycles. The summed E-state index contributed by atoms with van der Waals surface area (Å²) in [7, 11) is -3.63. The van der Waals surface area contributed by atoms with Crippen molar-refractivity contribution < 1.29 is 8.42 Å². The van der Waals surface area contributed by atoms with Gasteiger partial charge in [-0.3, -0.25) is 0 Å². The third-order valence-electron chi connectivity index (χ3n) is 2.84. The Bertz CT molecular complexity index is 736. The fraction of sp³-hybridized carbons (Fsp3) is 0.286. The van der Waals surface area contributed by atoms with Crippen LogP contribution in [0, 0.1) is 0 Å². The Labute approximate surface area is 124 Å². The lowest BCUT2D eigenvalue weighted by Crippen LogP contribution is -2.45. The van der Waals surface area contributed by atoms with Gasteiger partial charge in [-0.15, -0.1) is 0 Å². The van der Waals surface area contributed by atoms with Crippen LogP contribution >= 0.6 is 11.6 Å². The third kappa shape index (κ3) is 3.30. The van der Waals surface area contributed by atoms with Gasteiger partial charge in [0.05, 0.1) is 4.90 Å². The van der Waals surface area contributed by atoms with E-state index in [0.29, 0.717) is 15.8 Å². The van der Waals surface area contributed by atoms with Gasteiger partial charge in [-0.25, -0.2) is 13.1 Å². The van der Waals surface area contributed by atoms with Gasteiger partial charge >= 0.3 is 0 Å². The minimum atomic E-state index is -3.63. The molecule has 2 aromatic carbocycles. The molecule has 0 saturated heterocycles. The summed E-state index contributed by atoms with van der Waals surface area (Å²) in [4.78, 5) is 0.210. The number of sulfonamides is 1. The fourth-order valence-corrected chi connectivity index (χ4v) is 3.49. The van der Waals surface area contributed by atoms with E-state index in [-0.39, 0.29) is 11.4 Å². The molecule has 0 bridgehead atoms. The highest BCUT2D eigenvalue weighted by atomic mass is 35.5. The molecule has 2 aromatic rings. The highest BCUT2D eigenvalue weighted by Crippen LogP contribution is 2.29. The summed E-state index contributed by atoms with van der Waals surface area (Å²) in [6.45, 7) is 3.68. The van der Waals surface area contributed by atoms with Gasteiger partial charge in [0.15, 0.2) is 0 Å². The van der Waals surface area contributed by atoms with Gasteiger partial charge in [-0.05, 0) is 26.0 Å². The SMILES string of the molecule is CC(C)(N)CNS(=O)(=O)c1ccc(Cl)c2ccccc12. The van der Waals surface area contributed by atoms with Gasteiger partial charge in [0.25, 0.3) is 0 Å². The molecule has 0 heterocycles. The number of halogens is 1. The molecule has 0 radical (unpaired) electrons.